The molecular weight excluding hydrogens is 469 g/mol. The molecule has 3 aromatic carbocycles. The molecular formula is C30H32FN3O3. The van der Waals surface area contributed by atoms with Gasteiger partial charge in [0.2, 0.25) is 5.91 Å². The second-order valence-electron chi connectivity index (χ2n) is 9.38. The molecule has 0 aliphatic carbocycles. The molecule has 0 fully saturated rings. The quantitative estimate of drug-likeness (QED) is 0.303. The molecule has 4 rings (SSSR count). The lowest BCUT2D eigenvalue weighted by Gasteiger charge is -2.15. The normalized spacial score (nSPS) is 15.0. The van der Waals surface area contributed by atoms with E-state index in [0.29, 0.717) is 30.0 Å². The number of benzene rings is 3. The van der Waals surface area contributed by atoms with Crippen molar-refractivity contribution >= 4 is 29.0 Å². The number of amides is 1. The zero-order chi connectivity index (χ0) is 26.4. The number of fused-ring (bicyclic) bond motifs is 1. The number of likely N-dealkylation sites (N-methyl/N-ethyl adjacent to an activating group) is 1. The number of carbonyl (C=O) groups excluding carboxylic acids is 2. The Balaban J connectivity index is 1.71. The predicted octanol–water partition coefficient (Wildman–Crippen LogP) is 5.28. The lowest BCUT2D eigenvalue weighted by molar-refractivity contribution is -0.143. The number of ether oxygens (including phenoxy) is 1. The molecule has 6 nitrogen and oxygen atoms in total. The van der Waals surface area contributed by atoms with Crippen LogP contribution in [0.25, 0.3) is 0 Å². The number of hydrogen-bond donors (Lipinski definition) is 1. The Morgan fingerprint density at radius 1 is 1.03 bits per heavy atom. The van der Waals surface area contributed by atoms with Gasteiger partial charge in [-0.1, -0.05) is 36.4 Å². The molecule has 1 aliphatic heterocycles. The first-order valence-electron chi connectivity index (χ1n) is 12.5. The van der Waals surface area contributed by atoms with E-state index in [-0.39, 0.29) is 18.3 Å². The minimum Gasteiger partial charge on any atom is -0.466 e. The molecule has 1 heterocycles. The second kappa shape index (κ2) is 11.9. The van der Waals surface area contributed by atoms with Gasteiger partial charge in [0.1, 0.15) is 11.7 Å². The van der Waals surface area contributed by atoms with Crippen LogP contribution in [0.5, 0.6) is 0 Å². The number of nitrogens with zero attached hydrogens (tertiary/aromatic N) is 2. The number of aryl methyl sites for hydroxylation is 1. The van der Waals surface area contributed by atoms with Gasteiger partial charge in [0.15, 0.2) is 0 Å². The molecule has 1 N–H and O–H groups in total. The van der Waals surface area contributed by atoms with Crippen molar-refractivity contribution in [3.63, 3.8) is 0 Å². The van der Waals surface area contributed by atoms with Crippen LogP contribution < -0.4 is 5.32 Å². The minimum absolute atomic E-state index is 0.248. The second-order valence-corrected chi connectivity index (χ2v) is 9.38. The fourth-order valence-corrected chi connectivity index (χ4v) is 4.40. The maximum absolute atomic E-state index is 13.9. The summed E-state index contributed by atoms with van der Waals surface area (Å²) in [6.45, 7) is 3.08. The molecule has 0 aromatic heterocycles. The third kappa shape index (κ3) is 6.68. The number of anilines is 1. The Morgan fingerprint density at radius 3 is 2.54 bits per heavy atom. The van der Waals surface area contributed by atoms with Crippen molar-refractivity contribution in [1.82, 2.24) is 4.90 Å². The van der Waals surface area contributed by atoms with E-state index in [1.807, 2.05) is 62.6 Å². The van der Waals surface area contributed by atoms with Crippen LogP contribution in [0.1, 0.15) is 41.5 Å². The molecule has 0 saturated heterocycles. The van der Waals surface area contributed by atoms with E-state index in [0.717, 1.165) is 29.8 Å². The summed E-state index contributed by atoms with van der Waals surface area (Å²) in [4.78, 5) is 32.1. The molecule has 0 bridgehead atoms. The lowest BCUT2D eigenvalue weighted by Crippen LogP contribution is -2.22. The van der Waals surface area contributed by atoms with Crippen LogP contribution in [0, 0.1) is 5.82 Å². The summed E-state index contributed by atoms with van der Waals surface area (Å²) in [5.74, 6) is -1.60. The van der Waals surface area contributed by atoms with Gasteiger partial charge >= 0.3 is 5.97 Å². The highest BCUT2D eigenvalue weighted by Gasteiger charge is 2.35. The largest absolute Gasteiger partial charge is 0.466 e. The SMILES string of the molecule is CCOC(=O)CCc1cccc(C(=Nc2ccc(CCN(C)C)cc2)C2C(=O)Nc3cc(F)ccc32)c1. The third-order valence-corrected chi connectivity index (χ3v) is 6.30. The van der Waals surface area contributed by atoms with Crippen LogP contribution in [0.3, 0.4) is 0 Å². The number of carbonyl (C=O) groups is 2. The number of aliphatic imine (C=N–C) groups is 1. The number of esters is 1. The van der Waals surface area contributed by atoms with Crippen molar-refractivity contribution in [2.45, 2.75) is 32.1 Å². The van der Waals surface area contributed by atoms with Crippen LogP contribution in [0.15, 0.2) is 71.7 Å². The van der Waals surface area contributed by atoms with Gasteiger partial charge < -0.3 is 15.0 Å². The summed E-state index contributed by atoms with van der Waals surface area (Å²) in [6, 6.07) is 20.0. The Hall–Kier alpha value is -3.84. The molecule has 7 heteroatoms. The lowest BCUT2D eigenvalue weighted by atomic mass is 9.89. The maximum atomic E-state index is 13.9. The molecule has 3 aromatic rings. The predicted molar refractivity (Wildman–Crippen MR) is 144 cm³/mol. The first-order valence-corrected chi connectivity index (χ1v) is 12.5. The fraction of sp³-hybridized carbons (Fsp3) is 0.300. The maximum Gasteiger partial charge on any atom is 0.306 e. The summed E-state index contributed by atoms with van der Waals surface area (Å²) in [5, 5.41) is 2.80. The van der Waals surface area contributed by atoms with Crippen molar-refractivity contribution in [2.75, 3.05) is 32.6 Å². The third-order valence-electron chi connectivity index (χ3n) is 6.30. The summed E-state index contributed by atoms with van der Waals surface area (Å²) in [6.07, 6.45) is 1.71. The van der Waals surface area contributed by atoms with E-state index in [1.165, 1.54) is 17.7 Å². The van der Waals surface area contributed by atoms with Gasteiger partial charge in [-0.3, -0.25) is 14.6 Å². The van der Waals surface area contributed by atoms with Gasteiger partial charge in [-0.15, -0.1) is 0 Å². The standard InChI is InChI=1S/C30H32FN3O3/c1-4-37-27(35)15-10-21-6-5-7-22(18-21)29(28-25-14-11-23(31)19-26(25)33-30(28)36)32-24-12-8-20(9-13-24)16-17-34(2)3/h5-9,11-14,18-19,28H,4,10,15-17H2,1-3H3,(H,33,36). The average Bonchev–Trinajstić information content (AvgIpc) is 3.20. The molecule has 0 saturated carbocycles. The molecule has 1 unspecified atom stereocenters. The molecule has 1 atom stereocenters. The highest BCUT2D eigenvalue weighted by atomic mass is 19.1. The summed E-state index contributed by atoms with van der Waals surface area (Å²) >= 11 is 0. The van der Waals surface area contributed by atoms with Gasteiger partial charge in [-0.2, -0.15) is 0 Å². The van der Waals surface area contributed by atoms with Crippen LogP contribution in [0.4, 0.5) is 15.8 Å². The van der Waals surface area contributed by atoms with Gasteiger partial charge in [0.05, 0.1) is 18.0 Å². The van der Waals surface area contributed by atoms with Crippen molar-refractivity contribution in [3.05, 3.63) is 94.8 Å². The van der Waals surface area contributed by atoms with Gasteiger partial charge in [-0.25, -0.2) is 4.39 Å². The smallest absolute Gasteiger partial charge is 0.306 e. The minimum atomic E-state index is -0.690. The Bertz CT molecular complexity index is 1300. The van der Waals surface area contributed by atoms with Gasteiger partial charge in [0.25, 0.3) is 0 Å². The highest BCUT2D eigenvalue weighted by Crippen LogP contribution is 2.37. The molecule has 192 valence electrons. The molecule has 1 amide bonds. The molecule has 0 spiro atoms. The highest BCUT2D eigenvalue weighted by molar-refractivity contribution is 6.24. The first kappa shape index (κ1) is 26.2. The van der Waals surface area contributed by atoms with E-state index in [9.17, 15) is 14.0 Å². The van der Waals surface area contributed by atoms with Crippen molar-refractivity contribution in [1.29, 1.82) is 0 Å². The molecule has 1 aliphatic rings. The Labute approximate surface area is 217 Å². The summed E-state index contributed by atoms with van der Waals surface area (Å²) in [5.41, 5.74) is 5.36. The number of hydrogen-bond acceptors (Lipinski definition) is 5. The van der Waals surface area contributed by atoms with Crippen molar-refractivity contribution in [2.24, 2.45) is 4.99 Å². The topological polar surface area (TPSA) is 71.0 Å². The van der Waals surface area contributed by atoms with E-state index >= 15 is 0 Å². The zero-order valence-electron chi connectivity index (χ0n) is 21.5. The van der Waals surface area contributed by atoms with Gasteiger partial charge in [-0.05, 0) is 86.4 Å². The van der Waals surface area contributed by atoms with E-state index in [1.54, 1.807) is 13.0 Å². The zero-order valence-corrected chi connectivity index (χ0v) is 21.5. The summed E-state index contributed by atoms with van der Waals surface area (Å²) in [7, 11) is 4.09. The number of nitrogens with one attached hydrogen (secondary N) is 1. The molecule has 37 heavy (non-hydrogen) atoms. The van der Waals surface area contributed by atoms with Crippen LogP contribution >= 0.6 is 0 Å². The Kier molecular flexibility index (Phi) is 8.46. The number of rotatable bonds is 10. The Morgan fingerprint density at radius 2 is 1.81 bits per heavy atom. The summed E-state index contributed by atoms with van der Waals surface area (Å²) < 4.78 is 18.9. The average molecular weight is 502 g/mol. The fourth-order valence-electron chi connectivity index (χ4n) is 4.40. The van der Waals surface area contributed by atoms with Crippen molar-refractivity contribution < 1.29 is 18.7 Å². The molecule has 0 radical (unpaired) electrons. The van der Waals surface area contributed by atoms with E-state index in [2.05, 4.69) is 10.2 Å². The van der Waals surface area contributed by atoms with Crippen molar-refractivity contribution in [3.8, 4) is 0 Å². The number of halogens is 1. The van der Waals surface area contributed by atoms with Crippen LogP contribution in [0.2, 0.25) is 0 Å². The van der Waals surface area contributed by atoms with Gasteiger partial charge in [0, 0.05) is 18.7 Å². The van der Waals surface area contributed by atoms with Crippen LogP contribution in [-0.2, 0) is 27.2 Å². The first-order chi connectivity index (χ1) is 17.8. The van der Waals surface area contributed by atoms with E-state index < -0.39 is 11.7 Å². The van der Waals surface area contributed by atoms with Crippen LogP contribution in [-0.4, -0.2) is 49.7 Å². The monoisotopic (exact) mass is 501 g/mol. The van der Waals surface area contributed by atoms with E-state index in [4.69, 9.17) is 9.73 Å².